The Kier molecular flexibility index (Phi) is 4.75. The van der Waals surface area contributed by atoms with Gasteiger partial charge in [0.15, 0.2) is 0 Å². The van der Waals surface area contributed by atoms with Gasteiger partial charge in [0.1, 0.15) is 0 Å². The minimum absolute atomic E-state index is 0.199. The number of nitrogens with zero attached hydrogens (tertiary/aromatic N) is 2. The molecule has 0 radical (unpaired) electrons. The zero-order valence-electron chi connectivity index (χ0n) is 10.4. The SMILES string of the molecule is Cc1nc(CN(C)C(CN)c2cc(Cl)cs2)cs1. The topological polar surface area (TPSA) is 42.2 Å². The molecule has 2 aromatic heterocycles. The average molecular weight is 302 g/mol. The number of halogens is 1. The first kappa shape index (κ1) is 14.0. The maximum Gasteiger partial charge on any atom is 0.0897 e. The summed E-state index contributed by atoms with van der Waals surface area (Å²) in [5.74, 6) is 0. The third kappa shape index (κ3) is 3.30. The van der Waals surface area contributed by atoms with Crippen molar-refractivity contribution in [3.05, 3.63) is 37.4 Å². The predicted octanol–water partition coefficient (Wildman–Crippen LogP) is 3.30. The van der Waals surface area contributed by atoms with Gasteiger partial charge in [-0.1, -0.05) is 11.6 Å². The average Bonchev–Trinajstić information content (AvgIpc) is 2.89. The van der Waals surface area contributed by atoms with Crippen LogP contribution in [0, 0.1) is 6.92 Å². The summed E-state index contributed by atoms with van der Waals surface area (Å²) in [6.45, 7) is 3.41. The van der Waals surface area contributed by atoms with E-state index in [1.807, 2.05) is 18.4 Å². The molecule has 0 aromatic carbocycles. The molecule has 18 heavy (non-hydrogen) atoms. The molecule has 6 heteroatoms. The molecular weight excluding hydrogens is 286 g/mol. The van der Waals surface area contributed by atoms with Gasteiger partial charge in [0, 0.05) is 28.7 Å². The van der Waals surface area contributed by atoms with Crippen LogP contribution in [-0.4, -0.2) is 23.5 Å². The molecule has 0 bridgehead atoms. The zero-order valence-corrected chi connectivity index (χ0v) is 12.8. The Morgan fingerprint density at radius 3 is 2.72 bits per heavy atom. The Hall–Kier alpha value is -0.460. The van der Waals surface area contributed by atoms with E-state index in [1.165, 1.54) is 4.88 Å². The van der Waals surface area contributed by atoms with Crippen LogP contribution in [0.4, 0.5) is 0 Å². The molecule has 0 saturated carbocycles. The molecule has 0 aliphatic heterocycles. The van der Waals surface area contributed by atoms with E-state index in [1.54, 1.807) is 22.7 Å². The highest BCUT2D eigenvalue weighted by Crippen LogP contribution is 2.28. The van der Waals surface area contributed by atoms with Crippen LogP contribution in [0.25, 0.3) is 0 Å². The van der Waals surface area contributed by atoms with E-state index in [0.29, 0.717) is 6.54 Å². The Morgan fingerprint density at radius 2 is 2.22 bits per heavy atom. The van der Waals surface area contributed by atoms with Crippen LogP contribution < -0.4 is 5.73 Å². The molecule has 0 amide bonds. The number of aromatic nitrogens is 1. The fourth-order valence-corrected chi connectivity index (χ4v) is 3.73. The smallest absolute Gasteiger partial charge is 0.0897 e. The monoisotopic (exact) mass is 301 g/mol. The molecule has 2 N–H and O–H groups in total. The van der Waals surface area contributed by atoms with Gasteiger partial charge >= 0.3 is 0 Å². The second-order valence-electron chi connectivity index (χ2n) is 4.19. The lowest BCUT2D eigenvalue weighted by Gasteiger charge is -2.25. The summed E-state index contributed by atoms with van der Waals surface area (Å²) < 4.78 is 0. The van der Waals surface area contributed by atoms with Crippen LogP contribution in [0.3, 0.4) is 0 Å². The minimum Gasteiger partial charge on any atom is -0.329 e. The molecule has 2 rings (SSSR count). The van der Waals surface area contributed by atoms with Crippen molar-refractivity contribution in [1.82, 2.24) is 9.88 Å². The number of nitrogens with two attached hydrogens (primary N) is 1. The Labute approximate surface area is 120 Å². The molecule has 98 valence electrons. The van der Waals surface area contributed by atoms with Crippen molar-refractivity contribution < 1.29 is 0 Å². The molecule has 1 atom stereocenters. The van der Waals surface area contributed by atoms with Gasteiger partial charge in [0.05, 0.1) is 21.8 Å². The molecule has 3 nitrogen and oxygen atoms in total. The quantitative estimate of drug-likeness (QED) is 0.921. The summed E-state index contributed by atoms with van der Waals surface area (Å²) >= 11 is 9.30. The first-order chi connectivity index (χ1) is 8.60. The van der Waals surface area contributed by atoms with Gasteiger partial charge in [-0.25, -0.2) is 4.98 Å². The highest BCUT2D eigenvalue weighted by atomic mass is 35.5. The summed E-state index contributed by atoms with van der Waals surface area (Å²) in [6, 6.07) is 2.19. The van der Waals surface area contributed by atoms with Crippen molar-refractivity contribution in [1.29, 1.82) is 0 Å². The van der Waals surface area contributed by atoms with E-state index in [4.69, 9.17) is 17.3 Å². The molecule has 0 saturated heterocycles. The molecular formula is C12H16ClN3S2. The van der Waals surface area contributed by atoms with E-state index in [9.17, 15) is 0 Å². The number of rotatable bonds is 5. The lowest BCUT2D eigenvalue weighted by molar-refractivity contribution is 0.243. The number of hydrogen-bond acceptors (Lipinski definition) is 5. The van der Waals surface area contributed by atoms with Crippen LogP contribution in [0.15, 0.2) is 16.8 Å². The van der Waals surface area contributed by atoms with Gasteiger partial charge in [-0.2, -0.15) is 0 Å². The first-order valence-electron chi connectivity index (χ1n) is 5.65. The predicted molar refractivity (Wildman–Crippen MR) is 79.4 cm³/mol. The highest BCUT2D eigenvalue weighted by molar-refractivity contribution is 7.10. The van der Waals surface area contributed by atoms with Crippen molar-refractivity contribution in [2.45, 2.75) is 19.5 Å². The fraction of sp³-hybridized carbons (Fsp3) is 0.417. The molecule has 0 fully saturated rings. The maximum atomic E-state index is 5.97. The van der Waals surface area contributed by atoms with Gasteiger partial charge in [-0.05, 0) is 20.0 Å². The van der Waals surface area contributed by atoms with Gasteiger partial charge in [0.25, 0.3) is 0 Å². The molecule has 0 aliphatic carbocycles. The summed E-state index contributed by atoms with van der Waals surface area (Å²) in [4.78, 5) is 7.90. The van der Waals surface area contributed by atoms with Crippen molar-refractivity contribution in [2.75, 3.05) is 13.6 Å². The zero-order chi connectivity index (χ0) is 13.1. The minimum atomic E-state index is 0.199. The summed E-state index contributed by atoms with van der Waals surface area (Å²) in [7, 11) is 2.07. The Morgan fingerprint density at radius 1 is 1.44 bits per heavy atom. The number of likely N-dealkylation sites (N-methyl/N-ethyl adjacent to an activating group) is 1. The van der Waals surface area contributed by atoms with Crippen molar-refractivity contribution >= 4 is 34.3 Å². The Bertz CT molecular complexity index is 509. The van der Waals surface area contributed by atoms with E-state index < -0.39 is 0 Å². The van der Waals surface area contributed by atoms with Crippen LogP contribution in [0.2, 0.25) is 5.02 Å². The first-order valence-corrected chi connectivity index (χ1v) is 7.79. The molecule has 1 unspecified atom stereocenters. The van der Waals surface area contributed by atoms with Gasteiger partial charge in [-0.15, -0.1) is 22.7 Å². The van der Waals surface area contributed by atoms with Crippen LogP contribution >= 0.6 is 34.3 Å². The number of aryl methyl sites for hydroxylation is 1. The summed E-state index contributed by atoms with van der Waals surface area (Å²) in [6.07, 6.45) is 0. The van der Waals surface area contributed by atoms with Crippen LogP contribution in [-0.2, 0) is 6.54 Å². The van der Waals surface area contributed by atoms with E-state index in [-0.39, 0.29) is 6.04 Å². The second kappa shape index (κ2) is 6.12. The lowest BCUT2D eigenvalue weighted by atomic mass is 10.2. The summed E-state index contributed by atoms with van der Waals surface area (Å²) in [5.41, 5.74) is 6.98. The normalized spacial score (nSPS) is 13.2. The second-order valence-corrected chi connectivity index (χ2v) is 6.63. The van der Waals surface area contributed by atoms with E-state index in [0.717, 1.165) is 22.3 Å². The summed E-state index contributed by atoms with van der Waals surface area (Å²) in [5, 5.41) is 5.93. The van der Waals surface area contributed by atoms with Crippen molar-refractivity contribution in [3.8, 4) is 0 Å². The standard InChI is InChI=1S/C12H16ClN3S2/c1-8-15-10(7-17-8)5-16(2)11(4-14)12-3-9(13)6-18-12/h3,6-7,11H,4-5,14H2,1-2H3. The molecule has 2 aromatic rings. The number of hydrogen-bond donors (Lipinski definition) is 1. The van der Waals surface area contributed by atoms with Crippen LogP contribution in [0.5, 0.6) is 0 Å². The highest BCUT2D eigenvalue weighted by Gasteiger charge is 2.18. The third-order valence-electron chi connectivity index (χ3n) is 2.75. The van der Waals surface area contributed by atoms with Crippen LogP contribution in [0.1, 0.15) is 21.6 Å². The van der Waals surface area contributed by atoms with Gasteiger partial charge in [0.2, 0.25) is 0 Å². The maximum absolute atomic E-state index is 5.97. The Balaban J connectivity index is 2.08. The fourth-order valence-electron chi connectivity index (χ4n) is 1.86. The van der Waals surface area contributed by atoms with Crippen molar-refractivity contribution in [2.24, 2.45) is 5.73 Å². The lowest BCUT2D eigenvalue weighted by Crippen LogP contribution is -2.29. The van der Waals surface area contributed by atoms with Gasteiger partial charge in [-0.3, -0.25) is 4.90 Å². The van der Waals surface area contributed by atoms with E-state index >= 15 is 0 Å². The van der Waals surface area contributed by atoms with Crippen molar-refractivity contribution in [3.63, 3.8) is 0 Å². The third-order valence-corrected chi connectivity index (χ3v) is 4.95. The van der Waals surface area contributed by atoms with E-state index in [2.05, 4.69) is 22.3 Å². The molecule has 0 aliphatic rings. The van der Waals surface area contributed by atoms with Gasteiger partial charge < -0.3 is 5.73 Å². The molecule has 2 heterocycles. The largest absolute Gasteiger partial charge is 0.329 e. The molecule has 0 spiro atoms. The number of thiazole rings is 1. The number of thiophene rings is 1.